The number of fused-ring (bicyclic) bond motifs is 2. The molecule has 232 valence electrons. The van der Waals surface area contributed by atoms with E-state index in [0.717, 1.165) is 0 Å². The molecule has 0 unspecified atom stereocenters. The Morgan fingerprint density at radius 1 is 1.16 bits per heavy atom. The molecule has 0 radical (unpaired) electrons. The highest BCUT2D eigenvalue weighted by atomic mass is 35.5. The molecule has 2 fully saturated rings. The summed E-state index contributed by atoms with van der Waals surface area (Å²) >= 11 is 6.83. The van der Waals surface area contributed by atoms with Crippen molar-refractivity contribution in [1.29, 1.82) is 0 Å². The van der Waals surface area contributed by atoms with Crippen molar-refractivity contribution in [3.8, 4) is 22.8 Å². The molecule has 0 saturated carbocycles. The largest absolute Gasteiger partial charge is 0.507 e. The van der Waals surface area contributed by atoms with E-state index in [1.807, 2.05) is 18.7 Å². The van der Waals surface area contributed by atoms with Crippen molar-refractivity contribution in [2.24, 2.45) is 0 Å². The Morgan fingerprint density at radius 3 is 2.51 bits per heavy atom. The Bertz CT molecular complexity index is 1460. The smallest absolute Gasteiger partial charge is 0.410 e. The molecule has 11 nitrogen and oxygen atoms in total. The van der Waals surface area contributed by atoms with E-state index < -0.39 is 29.1 Å². The van der Waals surface area contributed by atoms with Gasteiger partial charge >= 0.3 is 6.09 Å². The second-order valence-corrected chi connectivity index (χ2v) is 13.1. The van der Waals surface area contributed by atoms with Gasteiger partial charge in [0.15, 0.2) is 5.75 Å². The molecule has 13 heteroatoms. The van der Waals surface area contributed by atoms with Gasteiger partial charge in [-0.15, -0.1) is 0 Å². The van der Waals surface area contributed by atoms with Crippen LogP contribution >= 0.6 is 11.6 Å². The summed E-state index contributed by atoms with van der Waals surface area (Å²) in [5, 5.41) is 10.5. The highest BCUT2D eigenvalue weighted by molar-refractivity contribution is 6.35. The third-order valence-electron chi connectivity index (χ3n) is 7.91. The molecular weight excluding hydrogens is 581 g/mol. The first-order chi connectivity index (χ1) is 20.1. The molecule has 0 bridgehead atoms. The number of hydrogen-bond acceptors (Lipinski definition) is 8. The van der Waals surface area contributed by atoms with Gasteiger partial charge in [0.25, 0.3) is 5.91 Å². The zero-order chi connectivity index (χ0) is 31.4. The number of ether oxygens (including phenoxy) is 2. The van der Waals surface area contributed by atoms with Gasteiger partial charge in [0.05, 0.1) is 17.1 Å². The van der Waals surface area contributed by atoms with Crippen LogP contribution in [0.1, 0.15) is 51.9 Å². The molecule has 3 amide bonds. The molecule has 5 rings (SSSR count). The molecule has 2 saturated heterocycles. The number of halogens is 2. The van der Waals surface area contributed by atoms with Gasteiger partial charge < -0.3 is 34.2 Å². The van der Waals surface area contributed by atoms with Crippen LogP contribution in [0.5, 0.6) is 11.5 Å². The number of amides is 3. The van der Waals surface area contributed by atoms with Crippen LogP contribution in [0.3, 0.4) is 0 Å². The van der Waals surface area contributed by atoms with Crippen LogP contribution in [-0.2, 0) is 9.53 Å². The third-order valence-corrected chi connectivity index (χ3v) is 8.27. The first kappa shape index (κ1) is 30.7. The summed E-state index contributed by atoms with van der Waals surface area (Å²) in [4.78, 5) is 51.0. The summed E-state index contributed by atoms with van der Waals surface area (Å²) in [6, 6.07) is 3.37. The molecule has 3 aliphatic heterocycles. The van der Waals surface area contributed by atoms with Gasteiger partial charge in [-0.25, -0.2) is 14.2 Å². The second kappa shape index (κ2) is 11.0. The third kappa shape index (κ3) is 5.76. The number of piperazine rings is 2. The number of carbonyl (C=O) groups is 3. The topological polar surface area (TPSA) is 116 Å². The first-order valence-electron chi connectivity index (χ1n) is 14.2. The van der Waals surface area contributed by atoms with Gasteiger partial charge in [0.2, 0.25) is 5.91 Å². The fraction of sp³-hybridized carbons (Fsp3) is 0.533. The number of rotatable bonds is 2. The van der Waals surface area contributed by atoms with Crippen molar-refractivity contribution in [3.63, 3.8) is 0 Å². The van der Waals surface area contributed by atoms with E-state index in [-0.39, 0.29) is 77.2 Å². The van der Waals surface area contributed by atoms with E-state index in [1.165, 1.54) is 25.1 Å². The molecule has 1 N–H and O–H groups in total. The summed E-state index contributed by atoms with van der Waals surface area (Å²) in [5.41, 5.74) is -1.46. The van der Waals surface area contributed by atoms with Crippen LogP contribution in [0.2, 0.25) is 5.02 Å². The van der Waals surface area contributed by atoms with Gasteiger partial charge in [0.1, 0.15) is 45.9 Å². The quantitative estimate of drug-likeness (QED) is 0.535. The molecule has 1 aromatic carbocycles. The Balaban J connectivity index is 1.60. The molecule has 2 aromatic rings. The number of pyridine rings is 1. The lowest BCUT2D eigenvalue weighted by atomic mass is 9.97. The SMILES string of the molecule is CC(=O)N1CCN(c2nc(-c3c(O)cccc3F)c(Cl)c3c2C(=O)N2CCN(C(=O)OC(C)(C)C)C[C@@H]2CO3)CC1(C)C. The fourth-order valence-electron chi connectivity index (χ4n) is 6.00. The maximum Gasteiger partial charge on any atom is 0.410 e. The van der Waals surface area contributed by atoms with Crippen molar-refractivity contribution < 1.29 is 33.4 Å². The zero-order valence-corrected chi connectivity index (χ0v) is 26.0. The summed E-state index contributed by atoms with van der Waals surface area (Å²) in [5.74, 6) is -1.33. The van der Waals surface area contributed by atoms with Gasteiger partial charge in [-0.05, 0) is 46.8 Å². The van der Waals surface area contributed by atoms with Gasteiger partial charge in [-0.3, -0.25) is 9.59 Å². The average molecular weight is 618 g/mol. The van der Waals surface area contributed by atoms with Gasteiger partial charge in [-0.1, -0.05) is 17.7 Å². The second-order valence-electron chi connectivity index (χ2n) is 12.7. The predicted octanol–water partition coefficient (Wildman–Crippen LogP) is 4.15. The van der Waals surface area contributed by atoms with Crippen LogP contribution in [0.25, 0.3) is 11.3 Å². The molecular formula is C30H37ClFN5O6. The summed E-state index contributed by atoms with van der Waals surface area (Å²) in [6.45, 7) is 12.4. The molecule has 43 heavy (non-hydrogen) atoms. The normalized spacial score (nSPS) is 20.2. The molecule has 3 aliphatic rings. The Morgan fingerprint density at radius 2 is 1.88 bits per heavy atom. The van der Waals surface area contributed by atoms with Crippen LogP contribution in [-0.4, -0.2) is 106 Å². The first-order valence-corrected chi connectivity index (χ1v) is 14.6. The number of hydrogen-bond donors (Lipinski definition) is 1. The summed E-state index contributed by atoms with van der Waals surface area (Å²) in [7, 11) is 0. The maximum atomic E-state index is 15.1. The molecule has 0 spiro atoms. The standard InChI is InChI=1S/C30H37ClFN5O6/c1-17(38)37-13-11-35(16-30(37,5)6)26-22-25(23(31)24(33-26)21-19(32)8-7-9-20(21)39)42-15-18-14-34(10-12-36(18)27(22)40)28(41)43-29(2,3)4/h7-9,18,39H,10-16H2,1-6H3/t18-/m1/s1. The maximum absolute atomic E-state index is 15.1. The molecule has 1 atom stereocenters. The number of nitrogens with zero attached hydrogens (tertiary/aromatic N) is 5. The monoisotopic (exact) mass is 617 g/mol. The lowest BCUT2D eigenvalue weighted by molar-refractivity contribution is -0.134. The molecule has 1 aromatic heterocycles. The summed E-state index contributed by atoms with van der Waals surface area (Å²) in [6.07, 6.45) is -0.482. The van der Waals surface area contributed by atoms with Gasteiger partial charge in [0, 0.05) is 46.2 Å². The molecule has 0 aliphatic carbocycles. The number of phenolic OH excluding ortho intramolecular Hbond substituents is 1. The van der Waals surface area contributed by atoms with E-state index in [0.29, 0.717) is 19.6 Å². The van der Waals surface area contributed by atoms with Crippen molar-refractivity contribution in [2.75, 3.05) is 50.8 Å². The highest BCUT2D eigenvalue weighted by Crippen LogP contribution is 2.46. The number of phenols is 1. The highest BCUT2D eigenvalue weighted by Gasteiger charge is 2.43. The van der Waals surface area contributed by atoms with E-state index >= 15 is 4.39 Å². The minimum atomic E-state index is -0.743. The lowest BCUT2D eigenvalue weighted by Crippen LogP contribution is -2.61. The van der Waals surface area contributed by atoms with Crippen molar-refractivity contribution in [1.82, 2.24) is 19.7 Å². The van der Waals surface area contributed by atoms with Gasteiger partial charge in [-0.2, -0.15) is 0 Å². The average Bonchev–Trinajstić information content (AvgIpc) is 3.04. The number of aromatic hydroxyl groups is 1. The van der Waals surface area contributed by atoms with Crippen molar-refractivity contribution in [3.05, 3.63) is 34.6 Å². The Hall–Kier alpha value is -3.80. The minimum Gasteiger partial charge on any atom is -0.507 e. The lowest BCUT2D eigenvalue weighted by Gasteiger charge is -2.47. The van der Waals surface area contributed by atoms with Crippen LogP contribution < -0.4 is 9.64 Å². The minimum absolute atomic E-state index is 0.00745. The van der Waals surface area contributed by atoms with Crippen LogP contribution in [0.4, 0.5) is 15.0 Å². The molecule has 4 heterocycles. The van der Waals surface area contributed by atoms with Crippen molar-refractivity contribution in [2.45, 2.75) is 58.7 Å². The zero-order valence-electron chi connectivity index (χ0n) is 25.2. The number of anilines is 1. The summed E-state index contributed by atoms with van der Waals surface area (Å²) < 4.78 is 26.9. The number of carbonyl (C=O) groups excluding carboxylic acids is 3. The predicted molar refractivity (Wildman–Crippen MR) is 158 cm³/mol. The number of aromatic nitrogens is 1. The van der Waals surface area contributed by atoms with E-state index in [4.69, 9.17) is 26.1 Å². The van der Waals surface area contributed by atoms with E-state index in [9.17, 15) is 19.5 Å². The Labute approximate surface area is 255 Å². The van der Waals surface area contributed by atoms with E-state index in [1.54, 1.807) is 35.5 Å². The van der Waals surface area contributed by atoms with Crippen LogP contribution in [0.15, 0.2) is 18.2 Å². The van der Waals surface area contributed by atoms with Crippen molar-refractivity contribution >= 4 is 35.3 Å². The number of benzene rings is 1. The fourth-order valence-corrected chi connectivity index (χ4v) is 6.29. The Kier molecular flexibility index (Phi) is 7.87. The van der Waals surface area contributed by atoms with E-state index in [2.05, 4.69) is 0 Å². The van der Waals surface area contributed by atoms with Crippen LogP contribution in [0, 0.1) is 5.82 Å².